The molecule has 0 spiro atoms. The molecule has 29 heavy (non-hydrogen) atoms. The van der Waals surface area contributed by atoms with E-state index in [1.807, 2.05) is 30.3 Å². The van der Waals surface area contributed by atoms with Gasteiger partial charge in [0.05, 0.1) is 17.8 Å². The monoisotopic (exact) mass is 383 g/mol. The van der Waals surface area contributed by atoms with Gasteiger partial charge in [-0.15, -0.1) is 0 Å². The van der Waals surface area contributed by atoms with Crippen LogP contribution < -0.4 is 5.56 Å². The van der Waals surface area contributed by atoms with Crippen molar-refractivity contribution in [2.45, 2.75) is 56.8 Å². The molecule has 5 aliphatic rings. The second kappa shape index (κ2) is 5.92. The lowest BCUT2D eigenvalue weighted by atomic mass is 9.49. The van der Waals surface area contributed by atoms with Crippen LogP contribution in [0, 0.1) is 24.3 Å². The fraction of sp³-hybridized carbons (Fsp3) is 0.480. The molecule has 7 rings (SSSR count). The summed E-state index contributed by atoms with van der Waals surface area (Å²) < 4.78 is 0. The number of hydrogen-bond donors (Lipinski definition) is 1. The second-order valence-corrected chi connectivity index (χ2v) is 9.94. The Morgan fingerprint density at radius 2 is 1.69 bits per heavy atom. The molecule has 0 aliphatic heterocycles. The summed E-state index contributed by atoms with van der Waals surface area (Å²) in [6, 6.07) is 7.75. The fourth-order valence-corrected chi connectivity index (χ4v) is 7.20. The van der Waals surface area contributed by atoms with Crippen LogP contribution in [0.5, 0.6) is 0 Å². The molecule has 0 amide bonds. The van der Waals surface area contributed by atoms with Crippen molar-refractivity contribution >= 4 is 11.8 Å². The van der Waals surface area contributed by atoms with Crippen LogP contribution in [0.3, 0.4) is 0 Å². The van der Waals surface area contributed by atoms with Crippen molar-refractivity contribution in [1.82, 2.24) is 9.97 Å². The number of allylic oxidation sites excluding steroid dienone is 1. The minimum atomic E-state index is 0.0137. The molecule has 1 atom stereocenters. The number of hydrogen-bond acceptors (Lipinski definition) is 2. The summed E-state index contributed by atoms with van der Waals surface area (Å²) in [5.41, 5.74) is 4.62. The van der Waals surface area contributed by atoms with Crippen LogP contribution in [-0.2, 0) is 5.41 Å². The smallest absolute Gasteiger partial charge is 0.258 e. The molecule has 2 aromatic rings. The Balaban J connectivity index is 1.46. The highest BCUT2D eigenvalue weighted by molar-refractivity contribution is 5.67. The predicted octanol–water partition coefficient (Wildman–Crippen LogP) is 5.34. The number of aromatic nitrogens is 2. The zero-order chi connectivity index (χ0) is 19.8. The van der Waals surface area contributed by atoms with E-state index in [9.17, 15) is 4.79 Å². The third kappa shape index (κ3) is 2.50. The van der Waals surface area contributed by atoms with E-state index in [1.54, 1.807) is 0 Å². The largest absolute Gasteiger partial charge is 0.310 e. The van der Waals surface area contributed by atoms with Crippen LogP contribution in [0.2, 0.25) is 0 Å². The second-order valence-electron chi connectivity index (χ2n) is 9.94. The van der Waals surface area contributed by atoms with Gasteiger partial charge in [0.1, 0.15) is 5.82 Å². The van der Waals surface area contributed by atoms with E-state index in [1.165, 1.54) is 38.5 Å². The Morgan fingerprint density at radius 1 is 1.07 bits per heavy atom. The van der Waals surface area contributed by atoms with E-state index in [0.717, 1.165) is 46.0 Å². The molecule has 1 heterocycles. The van der Waals surface area contributed by atoms with Crippen molar-refractivity contribution in [3.8, 4) is 0 Å². The average Bonchev–Trinajstić information content (AvgIpc) is 3.04. The van der Waals surface area contributed by atoms with Gasteiger partial charge < -0.3 is 4.98 Å². The van der Waals surface area contributed by atoms with E-state index in [4.69, 9.17) is 11.6 Å². The highest BCUT2D eigenvalue weighted by Crippen LogP contribution is 2.60. The van der Waals surface area contributed by atoms with E-state index in [-0.39, 0.29) is 16.9 Å². The van der Waals surface area contributed by atoms with Gasteiger partial charge in [-0.2, -0.15) is 0 Å². The molecule has 4 heteroatoms. The van der Waals surface area contributed by atoms with Crippen LogP contribution in [0.25, 0.3) is 10.9 Å². The Kier molecular flexibility index (Phi) is 3.51. The molecule has 0 saturated heterocycles. The standard InChI is InChI=1S/C25H25N3O/c1-14-7-20-22(21(14)18-3-5-19(26-2)6-4-18)27-24(28-23(20)29)25-11-15-8-16(12-25)10-17(9-15)13-25/h3-7,15-17,21H,8-13H2,1H3,(H,27,28,29). The maximum atomic E-state index is 13.1. The molecule has 1 aromatic carbocycles. The molecular formula is C25H25N3O. The van der Waals surface area contributed by atoms with Crippen LogP contribution in [0.4, 0.5) is 5.69 Å². The van der Waals surface area contributed by atoms with Gasteiger partial charge in [-0.25, -0.2) is 9.83 Å². The molecule has 4 nitrogen and oxygen atoms in total. The van der Waals surface area contributed by atoms with Crippen molar-refractivity contribution in [3.63, 3.8) is 0 Å². The lowest BCUT2D eigenvalue weighted by molar-refractivity contribution is -0.00961. The minimum absolute atomic E-state index is 0.0137. The lowest BCUT2D eigenvalue weighted by Gasteiger charge is -2.56. The Bertz CT molecular complexity index is 1100. The molecule has 0 radical (unpaired) electrons. The molecule has 1 unspecified atom stereocenters. The van der Waals surface area contributed by atoms with Crippen molar-refractivity contribution in [3.05, 3.63) is 74.3 Å². The number of fused-ring (bicyclic) bond motifs is 1. The van der Waals surface area contributed by atoms with Gasteiger partial charge in [0, 0.05) is 11.3 Å². The fourth-order valence-electron chi connectivity index (χ4n) is 7.20. The predicted molar refractivity (Wildman–Crippen MR) is 113 cm³/mol. The first kappa shape index (κ1) is 17.2. The summed E-state index contributed by atoms with van der Waals surface area (Å²) >= 11 is 0. The van der Waals surface area contributed by atoms with Gasteiger partial charge in [0.2, 0.25) is 0 Å². The number of aromatic amines is 1. The Labute approximate surface area is 170 Å². The van der Waals surface area contributed by atoms with Crippen molar-refractivity contribution in [2.75, 3.05) is 0 Å². The summed E-state index contributed by atoms with van der Waals surface area (Å²) in [5, 5.41) is 0. The van der Waals surface area contributed by atoms with Crippen molar-refractivity contribution in [1.29, 1.82) is 0 Å². The van der Waals surface area contributed by atoms with E-state index in [0.29, 0.717) is 5.69 Å². The summed E-state index contributed by atoms with van der Waals surface area (Å²) in [6.45, 7) is 9.27. The zero-order valence-corrected chi connectivity index (χ0v) is 16.7. The van der Waals surface area contributed by atoms with Crippen molar-refractivity contribution in [2.24, 2.45) is 17.8 Å². The molecule has 1 N–H and O–H groups in total. The normalized spacial score (nSPS) is 34.0. The number of nitrogens with zero attached hydrogens (tertiary/aromatic N) is 2. The van der Waals surface area contributed by atoms with Crippen LogP contribution >= 0.6 is 0 Å². The molecule has 4 bridgehead atoms. The Hall–Kier alpha value is -2.67. The van der Waals surface area contributed by atoms with Gasteiger partial charge in [0.15, 0.2) is 5.69 Å². The van der Waals surface area contributed by atoms with Gasteiger partial charge in [-0.3, -0.25) is 4.79 Å². The SMILES string of the molecule is [C-]#[N+]c1ccc(C2C(C)=Cc3c2nc(C24CC5CC(CC(C5)C2)C4)[nH]c3=O)cc1. The van der Waals surface area contributed by atoms with Crippen LogP contribution in [0.1, 0.15) is 74.0 Å². The molecule has 5 aliphatic carbocycles. The first-order valence-electron chi connectivity index (χ1n) is 10.8. The zero-order valence-electron chi connectivity index (χ0n) is 16.7. The van der Waals surface area contributed by atoms with E-state index in [2.05, 4.69) is 16.8 Å². The van der Waals surface area contributed by atoms with Crippen LogP contribution in [-0.4, -0.2) is 9.97 Å². The topological polar surface area (TPSA) is 50.1 Å². The molecular weight excluding hydrogens is 358 g/mol. The van der Waals surface area contributed by atoms with E-state index < -0.39 is 0 Å². The first-order valence-corrected chi connectivity index (χ1v) is 10.8. The molecule has 4 fully saturated rings. The molecule has 4 saturated carbocycles. The average molecular weight is 383 g/mol. The number of nitrogens with one attached hydrogen (secondary N) is 1. The summed E-state index contributed by atoms with van der Waals surface area (Å²) in [7, 11) is 0. The third-order valence-electron chi connectivity index (χ3n) is 7.98. The van der Waals surface area contributed by atoms with Crippen LogP contribution in [0.15, 0.2) is 34.6 Å². The maximum absolute atomic E-state index is 13.1. The third-order valence-corrected chi connectivity index (χ3v) is 7.98. The quantitative estimate of drug-likeness (QED) is 0.712. The highest BCUT2D eigenvalue weighted by Gasteiger charge is 2.53. The molecule has 146 valence electrons. The summed E-state index contributed by atoms with van der Waals surface area (Å²) in [5.74, 6) is 3.41. The van der Waals surface area contributed by atoms with Crippen molar-refractivity contribution < 1.29 is 0 Å². The summed E-state index contributed by atoms with van der Waals surface area (Å²) in [4.78, 5) is 25.0. The van der Waals surface area contributed by atoms with Gasteiger partial charge in [0.25, 0.3) is 5.56 Å². The van der Waals surface area contributed by atoms with Gasteiger partial charge >= 0.3 is 0 Å². The Morgan fingerprint density at radius 3 is 2.28 bits per heavy atom. The lowest BCUT2D eigenvalue weighted by Crippen LogP contribution is -2.50. The maximum Gasteiger partial charge on any atom is 0.258 e. The van der Waals surface area contributed by atoms with E-state index >= 15 is 0 Å². The number of H-pyrrole nitrogens is 1. The van der Waals surface area contributed by atoms with Gasteiger partial charge in [-0.1, -0.05) is 29.8 Å². The van der Waals surface area contributed by atoms with Gasteiger partial charge in [-0.05, 0) is 74.8 Å². The summed E-state index contributed by atoms with van der Waals surface area (Å²) in [6.07, 6.45) is 9.71. The minimum Gasteiger partial charge on any atom is -0.310 e. The number of benzene rings is 1. The first-order chi connectivity index (χ1) is 14.0. The highest BCUT2D eigenvalue weighted by atomic mass is 16.1. The molecule has 1 aromatic heterocycles. The number of rotatable bonds is 2.